The first kappa shape index (κ1) is 21.0. The van der Waals surface area contributed by atoms with E-state index in [0.717, 1.165) is 18.2 Å². The normalized spacial score (nSPS) is 11.3. The van der Waals surface area contributed by atoms with Crippen LogP contribution in [0.25, 0.3) is 5.69 Å². The predicted octanol–water partition coefficient (Wildman–Crippen LogP) is 4.55. The van der Waals surface area contributed by atoms with Gasteiger partial charge >= 0.3 is 6.18 Å². The summed E-state index contributed by atoms with van der Waals surface area (Å²) in [5, 5.41) is 8.74. The molecule has 0 atom stereocenters. The predicted molar refractivity (Wildman–Crippen MR) is 102 cm³/mol. The molecule has 30 heavy (non-hydrogen) atoms. The highest BCUT2D eigenvalue weighted by atomic mass is 19.4. The minimum absolute atomic E-state index is 0.00278. The Kier molecular flexibility index (Phi) is 5.59. The Balaban J connectivity index is 1.96. The van der Waals surface area contributed by atoms with Crippen LogP contribution in [0.4, 0.5) is 28.9 Å². The van der Waals surface area contributed by atoms with E-state index in [0.29, 0.717) is 0 Å². The second-order valence-corrected chi connectivity index (χ2v) is 6.40. The van der Waals surface area contributed by atoms with E-state index in [1.165, 1.54) is 42.9 Å². The number of carbonyl (C=O) groups excluding carboxylic acids is 2. The number of carbonyl (C=O) groups is 2. The number of nitrogens with one attached hydrogen (secondary N) is 2. The Morgan fingerprint density at radius 3 is 2.37 bits per heavy atom. The molecule has 0 saturated heterocycles. The van der Waals surface area contributed by atoms with Gasteiger partial charge in [0.05, 0.1) is 34.4 Å². The molecule has 3 aromatic rings. The van der Waals surface area contributed by atoms with Crippen LogP contribution >= 0.6 is 0 Å². The zero-order valence-corrected chi connectivity index (χ0v) is 15.8. The average Bonchev–Trinajstić information content (AvgIpc) is 3.03. The van der Waals surface area contributed by atoms with Gasteiger partial charge < -0.3 is 10.6 Å². The zero-order valence-electron chi connectivity index (χ0n) is 15.8. The van der Waals surface area contributed by atoms with E-state index in [2.05, 4.69) is 15.7 Å². The van der Waals surface area contributed by atoms with Crippen molar-refractivity contribution in [2.75, 3.05) is 10.6 Å². The molecule has 156 valence electrons. The molecule has 10 heteroatoms. The lowest BCUT2D eigenvalue weighted by Gasteiger charge is -2.15. The number of rotatable bonds is 4. The molecule has 0 unspecified atom stereocenters. The molecular weight excluding hydrogens is 404 g/mol. The van der Waals surface area contributed by atoms with Crippen LogP contribution in [0.1, 0.15) is 28.5 Å². The number of hydrogen-bond acceptors (Lipinski definition) is 3. The van der Waals surface area contributed by atoms with Crippen LogP contribution in [0.2, 0.25) is 0 Å². The summed E-state index contributed by atoms with van der Waals surface area (Å²) in [4.78, 5) is 24.1. The van der Waals surface area contributed by atoms with Crippen molar-refractivity contribution in [3.63, 3.8) is 0 Å². The summed E-state index contributed by atoms with van der Waals surface area (Å²) in [6.07, 6.45) is -3.46. The molecule has 1 heterocycles. The Hall–Kier alpha value is -3.69. The highest BCUT2D eigenvalue weighted by Gasteiger charge is 2.31. The molecule has 0 aliphatic carbocycles. The van der Waals surface area contributed by atoms with Gasteiger partial charge in [-0.3, -0.25) is 9.59 Å². The smallest absolute Gasteiger partial charge is 0.325 e. The van der Waals surface area contributed by atoms with Crippen molar-refractivity contribution in [2.45, 2.75) is 20.0 Å². The molecule has 2 aromatic carbocycles. The van der Waals surface area contributed by atoms with Crippen molar-refractivity contribution in [3.8, 4) is 5.69 Å². The van der Waals surface area contributed by atoms with Crippen molar-refractivity contribution in [2.24, 2.45) is 0 Å². The average molecular weight is 420 g/mol. The summed E-state index contributed by atoms with van der Waals surface area (Å²) >= 11 is 0. The lowest BCUT2D eigenvalue weighted by atomic mass is 10.1. The molecular formula is C20H16F4N4O2. The first-order valence-corrected chi connectivity index (χ1v) is 8.67. The molecule has 6 nitrogen and oxygen atoms in total. The Morgan fingerprint density at radius 1 is 1.03 bits per heavy atom. The molecule has 0 bridgehead atoms. The van der Waals surface area contributed by atoms with Crippen LogP contribution < -0.4 is 10.6 Å². The number of halogens is 4. The van der Waals surface area contributed by atoms with Gasteiger partial charge in [-0.05, 0) is 37.3 Å². The third-order valence-corrected chi connectivity index (χ3v) is 4.24. The number of anilines is 2. The summed E-state index contributed by atoms with van der Waals surface area (Å²) in [5.74, 6) is -1.84. The second kappa shape index (κ2) is 7.97. The van der Waals surface area contributed by atoms with Gasteiger partial charge in [-0.1, -0.05) is 12.1 Å². The molecule has 2 N–H and O–H groups in total. The van der Waals surface area contributed by atoms with Crippen LogP contribution in [-0.4, -0.2) is 21.6 Å². The number of aromatic nitrogens is 2. The quantitative estimate of drug-likeness (QED) is 0.608. The number of hydrogen-bond donors (Lipinski definition) is 2. The Labute approximate surface area is 168 Å². The van der Waals surface area contributed by atoms with Crippen molar-refractivity contribution >= 4 is 23.2 Å². The molecule has 0 fully saturated rings. The number of para-hydroxylation sites is 1. The SMILES string of the molecule is CC(=O)Nc1ccc(C(F)(F)F)cc1NC(=O)c1cnn(-c2ccccc2F)c1C. The molecule has 2 amide bonds. The van der Waals surface area contributed by atoms with Gasteiger partial charge in [0.2, 0.25) is 5.91 Å². The van der Waals surface area contributed by atoms with Crippen molar-refractivity contribution in [1.82, 2.24) is 9.78 Å². The summed E-state index contributed by atoms with van der Waals surface area (Å²) in [6.45, 7) is 2.71. The Bertz CT molecular complexity index is 1120. The fourth-order valence-corrected chi connectivity index (χ4v) is 2.81. The van der Waals surface area contributed by atoms with Gasteiger partial charge in [0.1, 0.15) is 11.5 Å². The molecule has 3 rings (SSSR count). The largest absolute Gasteiger partial charge is 0.416 e. The van der Waals surface area contributed by atoms with E-state index in [1.54, 1.807) is 6.07 Å². The van der Waals surface area contributed by atoms with Gasteiger partial charge in [-0.15, -0.1) is 0 Å². The van der Waals surface area contributed by atoms with Gasteiger partial charge in [0.15, 0.2) is 0 Å². The Morgan fingerprint density at radius 2 is 1.73 bits per heavy atom. The molecule has 1 aromatic heterocycles. The van der Waals surface area contributed by atoms with E-state index < -0.39 is 29.4 Å². The maximum absolute atomic E-state index is 14.0. The minimum atomic E-state index is -4.64. The minimum Gasteiger partial charge on any atom is -0.325 e. The second-order valence-electron chi connectivity index (χ2n) is 6.40. The highest BCUT2D eigenvalue weighted by Crippen LogP contribution is 2.34. The molecule has 0 radical (unpaired) electrons. The first-order valence-electron chi connectivity index (χ1n) is 8.67. The summed E-state index contributed by atoms with van der Waals surface area (Å²) in [7, 11) is 0. The van der Waals surface area contributed by atoms with E-state index in [4.69, 9.17) is 0 Å². The van der Waals surface area contributed by atoms with Crippen molar-refractivity contribution in [1.29, 1.82) is 0 Å². The summed E-state index contributed by atoms with van der Waals surface area (Å²) in [6, 6.07) is 8.37. The highest BCUT2D eigenvalue weighted by molar-refractivity contribution is 6.07. The third-order valence-electron chi connectivity index (χ3n) is 4.24. The maximum atomic E-state index is 14.0. The molecule has 0 aliphatic heterocycles. The monoisotopic (exact) mass is 420 g/mol. The molecule has 0 saturated carbocycles. The van der Waals surface area contributed by atoms with Gasteiger partial charge in [0, 0.05) is 6.92 Å². The lowest BCUT2D eigenvalue weighted by molar-refractivity contribution is -0.137. The lowest BCUT2D eigenvalue weighted by Crippen LogP contribution is -2.17. The topological polar surface area (TPSA) is 76.0 Å². The van der Waals surface area contributed by atoms with Crippen LogP contribution in [-0.2, 0) is 11.0 Å². The van der Waals surface area contributed by atoms with Crippen LogP contribution in [0.5, 0.6) is 0 Å². The van der Waals surface area contributed by atoms with Gasteiger partial charge in [0.25, 0.3) is 5.91 Å². The fourth-order valence-electron chi connectivity index (χ4n) is 2.81. The molecule has 0 spiro atoms. The van der Waals surface area contributed by atoms with Crippen molar-refractivity contribution < 1.29 is 27.2 Å². The van der Waals surface area contributed by atoms with Crippen LogP contribution in [0.3, 0.4) is 0 Å². The summed E-state index contributed by atoms with van der Waals surface area (Å²) < 4.78 is 54.4. The van der Waals surface area contributed by atoms with E-state index in [1.807, 2.05) is 0 Å². The third kappa shape index (κ3) is 4.32. The number of nitrogens with zero attached hydrogens (tertiary/aromatic N) is 2. The molecule has 0 aliphatic rings. The number of benzene rings is 2. The van der Waals surface area contributed by atoms with E-state index in [9.17, 15) is 27.2 Å². The summed E-state index contributed by atoms with van der Waals surface area (Å²) in [5.41, 5.74) is -0.793. The van der Waals surface area contributed by atoms with E-state index in [-0.39, 0.29) is 28.3 Å². The van der Waals surface area contributed by atoms with Crippen molar-refractivity contribution in [3.05, 3.63) is 71.3 Å². The van der Waals surface area contributed by atoms with Crippen LogP contribution in [0, 0.1) is 12.7 Å². The zero-order chi connectivity index (χ0) is 22.1. The van der Waals surface area contributed by atoms with Crippen LogP contribution in [0.15, 0.2) is 48.7 Å². The number of alkyl halides is 3. The maximum Gasteiger partial charge on any atom is 0.416 e. The van der Waals surface area contributed by atoms with E-state index >= 15 is 0 Å². The van der Waals surface area contributed by atoms with Gasteiger partial charge in [-0.25, -0.2) is 9.07 Å². The standard InChI is InChI=1S/C20H16F4N4O2/c1-11-14(10-25-28(11)18-6-4-3-5-15(18)21)19(30)27-17-9-13(20(22,23)24)7-8-16(17)26-12(2)29/h3-10H,1-2H3,(H,26,29)(H,27,30). The van der Waals surface area contributed by atoms with Gasteiger partial charge in [-0.2, -0.15) is 18.3 Å². The number of amides is 2. The first-order chi connectivity index (χ1) is 14.1. The fraction of sp³-hybridized carbons (Fsp3) is 0.150.